The lowest BCUT2D eigenvalue weighted by Gasteiger charge is -2.32. The first-order valence-electron chi connectivity index (χ1n) is 9.54. The molecule has 0 radical (unpaired) electrons. The average molecular weight is 465 g/mol. The Balaban J connectivity index is 0.00000312. The maximum absolute atomic E-state index is 11.0. The third-order valence-corrected chi connectivity index (χ3v) is 5.42. The first-order chi connectivity index (χ1) is 11.6. The van der Waals surface area contributed by atoms with E-state index in [0.717, 1.165) is 50.3 Å². The highest BCUT2D eigenvalue weighted by Gasteiger charge is 2.21. The molecule has 2 aliphatic rings. The molecule has 2 atom stereocenters. The summed E-state index contributed by atoms with van der Waals surface area (Å²) in [6, 6.07) is 0.426. The lowest BCUT2D eigenvalue weighted by Crippen LogP contribution is -2.50. The third-order valence-electron chi connectivity index (χ3n) is 5.42. The Morgan fingerprint density at radius 3 is 2.56 bits per heavy atom. The Morgan fingerprint density at radius 1 is 1.24 bits per heavy atom. The van der Waals surface area contributed by atoms with Crippen molar-refractivity contribution in [3.8, 4) is 0 Å². The number of likely N-dealkylation sites (tertiary alicyclic amines) is 1. The predicted octanol–water partition coefficient (Wildman–Crippen LogP) is 1.94. The number of piperidine rings is 1. The standard InChI is InChI=1S/C18H35N5O.HI/c1-14-4-3-5-15(12-14)6-9-21-18(20-2)22-16-7-10-23(11-8-16)13-17(19)24;/h14-16H,3-13H2,1-2H3,(H2,19,24)(H2,20,21,22);1H. The highest BCUT2D eigenvalue weighted by molar-refractivity contribution is 14.0. The molecule has 1 aliphatic heterocycles. The maximum atomic E-state index is 11.0. The van der Waals surface area contributed by atoms with Crippen LogP contribution in [-0.2, 0) is 4.79 Å². The Bertz CT molecular complexity index is 424. The fourth-order valence-electron chi connectivity index (χ4n) is 4.06. The summed E-state index contributed by atoms with van der Waals surface area (Å²) in [5, 5.41) is 7.00. The highest BCUT2D eigenvalue weighted by atomic mass is 127. The molecule has 0 bridgehead atoms. The number of guanidine groups is 1. The van der Waals surface area contributed by atoms with Gasteiger partial charge in [-0.15, -0.1) is 24.0 Å². The minimum Gasteiger partial charge on any atom is -0.369 e. The average Bonchev–Trinajstić information content (AvgIpc) is 2.55. The molecule has 0 aromatic carbocycles. The molecular weight excluding hydrogens is 429 g/mol. The number of nitrogens with zero attached hydrogens (tertiary/aromatic N) is 2. The summed E-state index contributed by atoms with van der Waals surface area (Å²) < 4.78 is 0. The molecule has 146 valence electrons. The smallest absolute Gasteiger partial charge is 0.231 e. The minimum absolute atomic E-state index is 0. The summed E-state index contributed by atoms with van der Waals surface area (Å²) in [5.74, 6) is 2.44. The number of nitrogens with two attached hydrogens (primary N) is 1. The molecule has 2 fully saturated rings. The molecule has 7 heteroatoms. The predicted molar refractivity (Wildman–Crippen MR) is 114 cm³/mol. The van der Waals surface area contributed by atoms with Crippen molar-refractivity contribution < 1.29 is 4.79 Å². The lowest BCUT2D eigenvalue weighted by molar-refractivity contribution is -0.119. The van der Waals surface area contributed by atoms with Gasteiger partial charge >= 0.3 is 0 Å². The summed E-state index contributed by atoms with van der Waals surface area (Å²) in [4.78, 5) is 17.5. The number of carbonyl (C=O) groups is 1. The van der Waals surface area contributed by atoms with Crippen molar-refractivity contribution in [1.29, 1.82) is 0 Å². The second kappa shape index (κ2) is 11.9. The van der Waals surface area contributed by atoms with E-state index in [1.165, 1.54) is 32.1 Å². The zero-order valence-corrected chi connectivity index (χ0v) is 18.1. The normalized spacial score (nSPS) is 25.9. The summed E-state index contributed by atoms with van der Waals surface area (Å²) in [7, 11) is 1.83. The lowest BCUT2D eigenvalue weighted by atomic mass is 9.81. The summed E-state index contributed by atoms with van der Waals surface area (Å²) >= 11 is 0. The van der Waals surface area contributed by atoms with Crippen LogP contribution in [-0.4, -0.2) is 56.0 Å². The molecule has 1 amide bonds. The zero-order chi connectivity index (χ0) is 17.4. The molecule has 0 aromatic heterocycles. The number of hydrogen-bond acceptors (Lipinski definition) is 3. The summed E-state index contributed by atoms with van der Waals surface area (Å²) in [6.45, 7) is 5.58. The van der Waals surface area contributed by atoms with Gasteiger partial charge in [-0.2, -0.15) is 0 Å². The van der Waals surface area contributed by atoms with E-state index in [4.69, 9.17) is 5.73 Å². The quantitative estimate of drug-likeness (QED) is 0.318. The SMILES string of the molecule is CN=C(NCCC1CCCC(C)C1)NC1CCN(CC(N)=O)CC1.I. The van der Waals surface area contributed by atoms with Gasteiger partial charge in [-0.3, -0.25) is 14.7 Å². The van der Waals surface area contributed by atoms with E-state index in [-0.39, 0.29) is 29.9 Å². The number of hydrogen-bond donors (Lipinski definition) is 3. The number of amides is 1. The van der Waals surface area contributed by atoms with Crippen LogP contribution >= 0.6 is 24.0 Å². The highest BCUT2D eigenvalue weighted by Crippen LogP contribution is 2.30. The van der Waals surface area contributed by atoms with Gasteiger partial charge in [0.15, 0.2) is 5.96 Å². The molecule has 0 aromatic rings. The number of rotatable bonds is 6. The van der Waals surface area contributed by atoms with Gasteiger partial charge in [0.2, 0.25) is 5.91 Å². The van der Waals surface area contributed by atoms with Crippen molar-refractivity contribution in [3.05, 3.63) is 0 Å². The van der Waals surface area contributed by atoms with E-state index in [2.05, 4.69) is 27.4 Å². The van der Waals surface area contributed by atoms with E-state index in [0.29, 0.717) is 12.6 Å². The topological polar surface area (TPSA) is 82.8 Å². The first-order valence-corrected chi connectivity index (χ1v) is 9.54. The molecule has 2 rings (SSSR count). The van der Waals surface area contributed by atoms with E-state index in [1.54, 1.807) is 0 Å². The van der Waals surface area contributed by atoms with Crippen molar-refractivity contribution in [2.24, 2.45) is 22.6 Å². The Labute approximate surface area is 169 Å². The molecule has 0 spiro atoms. The number of carbonyl (C=O) groups excluding carboxylic acids is 1. The molecular formula is C18H36IN5O. The van der Waals surface area contributed by atoms with Crippen LogP contribution in [0.3, 0.4) is 0 Å². The number of aliphatic imine (C=N–C) groups is 1. The van der Waals surface area contributed by atoms with E-state index in [1.807, 2.05) is 7.05 Å². The van der Waals surface area contributed by atoms with Gasteiger partial charge in [0.1, 0.15) is 0 Å². The largest absolute Gasteiger partial charge is 0.369 e. The van der Waals surface area contributed by atoms with Crippen LogP contribution in [0, 0.1) is 11.8 Å². The maximum Gasteiger partial charge on any atom is 0.231 e. The number of halogens is 1. The second-order valence-corrected chi connectivity index (χ2v) is 7.59. The summed E-state index contributed by atoms with van der Waals surface area (Å²) in [6.07, 6.45) is 8.84. The molecule has 1 saturated carbocycles. The van der Waals surface area contributed by atoms with Crippen LogP contribution in [0.4, 0.5) is 0 Å². The van der Waals surface area contributed by atoms with Gasteiger partial charge in [-0.25, -0.2) is 0 Å². The molecule has 1 saturated heterocycles. The fourth-order valence-corrected chi connectivity index (χ4v) is 4.06. The summed E-state index contributed by atoms with van der Waals surface area (Å²) in [5.41, 5.74) is 5.26. The van der Waals surface area contributed by atoms with E-state index >= 15 is 0 Å². The molecule has 2 unspecified atom stereocenters. The molecule has 6 nitrogen and oxygen atoms in total. The fraction of sp³-hybridized carbons (Fsp3) is 0.889. The number of primary amides is 1. The van der Waals surface area contributed by atoms with Crippen LogP contribution in [0.15, 0.2) is 4.99 Å². The van der Waals surface area contributed by atoms with Crippen LogP contribution in [0.2, 0.25) is 0 Å². The number of nitrogens with one attached hydrogen (secondary N) is 2. The van der Waals surface area contributed by atoms with Crippen LogP contribution in [0.5, 0.6) is 0 Å². The Kier molecular flexibility index (Phi) is 10.7. The zero-order valence-electron chi connectivity index (χ0n) is 15.8. The van der Waals surface area contributed by atoms with Crippen LogP contribution < -0.4 is 16.4 Å². The van der Waals surface area contributed by atoms with Crippen molar-refractivity contribution in [2.45, 2.75) is 57.9 Å². The van der Waals surface area contributed by atoms with E-state index in [9.17, 15) is 4.79 Å². The van der Waals surface area contributed by atoms with Gasteiger partial charge in [-0.1, -0.05) is 26.2 Å². The minimum atomic E-state index is -0.240. The molecule has 1 heterocycles. The van der Waals surface area contributed by atoms with Gasteiger partial charge in [-0.05, 0) is 37.5 Å². The van der Waals surface area contributed by atoms with Gasteiger partial charge in [0, 0.05) is 32.7 Å². The van der Waals surface area contributed by atoms with Crippen LogP contribution in [0.25, 0.3) is 0 Å². The molecule has 25 heavy (non-hydrogen) atoms. The van der Waals surface area contributed by atoms with Crippen molar-refractivity contribution in [2.75, 3.05) is 33.2 Å². The van der Waals surface area contributed by atoms with Crippen LogP contribution in [0.1, 0.15) is 51.9 Å². The molecule has 4 N–H and O–H groups in total. The van der Waals surface area contributed by atoms with E-state index < -0.39 is 0 Å². The van der Waals surface area contributed by atoms with Crippen molar-refractivity contribution >= 4 is 35.8 Å². The van der Waals surface area contributed by atoms with Crippen molar-refractivity contribution in [1.82, 2.24) is 15.5 Å². The third kappa shape index (κ3) is 8.57. The Morgan fingerprint density at radius 2 is 1.96 bits per heavy atom. The monoisotopic (exact) mass is 465 g/mol. The Hall–Kier alpha value is -0.570. The molecule has 1 aliphatic carbocycles. The van der Waals surface area contributed by atoms with Gasteiger partial charge in [0.25, 0.3) is 0 Å². The van der Waals surface area contributed by atoms with Gasteiger partial charge in [0.05, 0.1) is 6.54 Å². The first kappa shape index (κ1) is 22.5. The van der Waals surface area contributed by atoms with Gasteiger partial charge < -0.3 is 16.4 Å². The second-order valence-electron chi connectivity index (χ2n) is 7.59. The van der Waals surface area contributed by atoms with Crippen molar-refractivity contribution in [3.63, 3.8) is 0 Å².